The van der Waals surface area contributed by atoms with E-state index in [0.717, 1.165) is 34.3 Å². The first-order valence-electron chi connectivity index (χ1n) is 12.0. The molecule has 0 aliphatic heterocycles. The number of carbonyl (C=O) groups is 2. The molecule has 0 aromatic heterocycles. The van der Waals surface area contributed by atoms with E-state index >= 15 is 0 Å². The van der Waals surface area contributed by atoms with Crippen LogP contribution in [0.3, 0.4) is 0 Å². The predicted octanol–water partition coefficient (Wildman–Crippen LogP) is 3.71. The van der Waals surface area contributed by atoms with Crippen LogP contribution in [0.4, 0.5) is 14.5 Å². The molecule has 0 bridgehead atoms. The molecule has 0 aliphatic carbocycles. The molecule has 2 amide bonds. The Bertz CT molecular complexity index is 1190. The molecule has 0 heterocycles. The Morgan fingerprint density at radius 1 is 1.05 bits per heavy atom. The maximum atomic E-state index is 13.7. The highest BCUT2D eigenvalue weighted by Crippen LogP contribution is 2.22. The number of ether oxygens (including phenoxy) is 1. The molecular formula is C26H35F2N3O5S. The van der Waals surface area contributed by atoms with Gasteiger partial charge in [0.2, 0.25) is 21.8 Å². The monoisotopic (exact) mass is 539 g/mol. The van der Waals surface area contributed by atoms with Crippen LogP contribution in [0.15, 0.2) is 42.5 Å². The molecule has 0 saturated carbocycles. The van der Waals surface area contributed by atoms with E-state index in [2.05, 4.69) is 5.32 Å². The smallest absolute Gasteiger partial charge is 0.242 e. The number of benzene rings is 2. The van der Waals surface area contributed by atoms with Crippen LogP contribution < -0.4 is 14.4 Å². The van der Waals surface area contributed by atoms with Crippen molar-refractivity contribution in [2.24, 2.45) is 5.92 Å². The lowest BCUT2D eigenvalue weighted by Gasteiger charge is -2.29. The summed E-state index contributed by atoms with van der Waals surface area (Å²) in [7, 11) is -2.29. The average molecular weight is 540 g/mol. The Morgan fingerprint density at radius 2 is 1.76 bits per heavy atom. The Balaban J connectivity index is 2.20. The predicted molar refractivity (Wildman–Crippen MR) is 139 cm³/mol. The lowest BCUT2D eigenvalue weighted by molar-refractivity contribution is -0.140. The zero-order valence-electron chi connectivity index (χ0n) is 21.8. The van der Waals surface area contributed by atoms with E-state index in [0.29, 0.717) is 12.3 Å². The molecule has 0 radical (unpaired) electrons. The van der Waals surface area contributed by atoms with Gasteiger partial charge in [-0.15, -0.1) is 0 Å². The summed E-state index contributed by atoms with van der Waals surface area (Å²) in [6.45, 7) is 6.04. The van der Waals surface area contributed by atoms with E-state index in [1.165, 1.54) is 12.0 Å². The molecule has 0 unspecified atom stereocenters. The summed E-state index contributed by atoms with van der Waals surface area (Å²) in [6, 6.07) is 9.17. The Kier molecular flexibility index (Phi) is 10.8. The van der Waals surface area contributed by atoms with E-state index in [1.54, 1.807) is 25.1 Å². The highest BCUT2D eigenvalue weighted by Gasteiger charge is 2.27. The molecule has 8 nitrogen and oxygen atoms in total. The first-order valence-corrected chi connectivity index (χ1v) is 13.8. The first-order chi connectivity index (χ1) is 17.3. The zero-order chi connectivity index (χ0) is 27.8. The SMILES string of the molecule is COc1cccc(CN(C(=O)CCCN(c2ccc(F)c(F)c2)S(C)(=O)=O)[C@@H](C)C(=O)NCC(C)C)c1. The minimum atomic E-state index is -3.83. The molecule has 1 atom stereocenters. The van der Waals surface area contributed by atoms with Crippen molar-refractivity contribution in [1.82, 2.24) is 10.2 Å². The third kappa shape index (κ3) is 8.99. The molecule has 2 rings (SSSR count). The van der Waals surface area contributed by atoms with Crippen LogP contribution in [0.5, 0.6) is 5.75 Å². The second-order valence-corrected chi connectivity index (χ2v) is 11.1. The van der Waals surface area contributed by atoms with Crippen molar-refractivity contribution in [1.29, 1.82) is 0 Å². The lowest BCUT2D eigenvalue weighted by Crippen LogP contribution is -2.48. The molecule has 0 spiro atoms. The van der Waals surface area contributed by atoms with E-state index in [9.17, 15) is 26.8 Å². The Hall–Kier alpha value is -3.21. The summed E-state index contributed by atoms with van der Waals surface area (Å²) in [6.07, 6.45) is 0.980. The van der Waals surface area contributed by atoms with Crippen LogP contribution in [-0.4, -0.2) is 57.6 Å². The highest BCUT2D eigenvalue weighted by atomic mass is 32.2. The number of halogens is 2. The minimum Gasteiger partial charge on any atom is -0.497 e. The molecule has 0 aliphatic rings. The number of sulfonamides is 1. The normalized spacial score (nSPS) is 12.2. The fourth-order valence-electron chi connectivity index (χ4n) is 3.65. The van der Waals surface area contributed by atoms with Gasteiger partial charge in [-0.3, -0.25) is 13.9 Å². The summed E-state index contributed by atoms with van der Waals surface area (Å²) in [5.41, 5.74) is 0.722. The topological polar surface area (TPSA) is 96.0 Å². The van der Waals surface area contributed by atoms with Crippen LogP contribution >= 0.6 is 0 Å². The summed E-state index contributed by atoms with van der Waals surface area (Å²) in [5.74, 6) is -2.08. The third-order valence-electron chi connectivity index (χ3n) is 5.68. The van der Waals surface area contributed by atoms with Crippen molar-refractivity contribution < 1.29 is 31.5 Å². The van der Waals surface area contributed by atoms with Gasteiger partial charge in [0.05, 0.1) is 19.1 Å². The van der Waals surface area contributed by atoms with E-state index in [-0.39, 0.29) is 49.4 Å². The molecule has 204 valence electrons. The number of hydrogen-bond acceptors (Lipinski definition) is 5. The van der Waals surface area contributed by atoms with Gasteiger partial charge in [0.1, 0.15) is 11.8 Å². The van der Waals surface area contributed by atoms with Crippen LogP contribution in [0.1, 0.15) is 39.2 Å². The van der Waals surface area contributed by atoms with Crippen molar-refractivity contribution in [3.05, 3.63) is 59.7 Å². The van der Waals surface area contributed by atoms with Gasteiger partial charge in [0, 0.05) is 32.1 Å². The average Bonchev–Trinajstić information content (AvgIpc) is 2.84. The molecule has 0 fully saturated rings. The summed E-state index contributed by atoms with van der Waals surface area (Å²) >= 11 is 0. The quantitative estimate of drug-likeness (QED) is 0.419. The molecular weight excluding hydrogens is 504 g/mol. The first kappa shape index (κ1) is 30.0. The lowest BCUT2D eigenvalue weighted by atomic mass is 10.1. The number of methoxy groups -OCH3 is 1. The maximum absolute atomic E-state index is 13.7. The molecule has 11 heteroatoms. The number of amides is 2. The van der Waals surface area contributed by atoms with E-state index in [4.69, 9.17) is 4.74 Å². The fraction of sp³-hybridized carbons (Fsp3) is 0.462. The Labute approximate surface area is 217 Å². The van der Waals surface area contributed by atoms with Crippen molar-refractivity contribution in [3.8, 4) is 5.75 Å². The van der Waals surface area contributed by atoms with Crippen molar-refractivity contribution in [3.63, 3.8) is 0 Å². The van der Waals surface area contributed by atoms with E-state index < -0.39 is 27.7 Å². The van der Waals surface area contributed by atoms with Crippen LogP contribution in [0.25, 0.3) is 0 Å². The molecule has 37 heavy (non-hydrogen) atoms. The summed E-state index contributed by atoms with van der Waals surface area (Å²) in [4.78, 5) is 27.5. The zero-order valence-corrected chi connectivity index (χ0v) is 22.6. The van der Waals surface area contributed by atoms with Gasteiger partial charge in [-0.1, -0.05) is 26.0 Å². The molecule has 2 aromatic carbocycles. The number of rotatable bonds is 13. The Morgan fingerprint density at radius 3 is 2.35 bits per heavy atom. The van der Waals surface area contributed by atoms with Crippen molar-refractivity contribution >= 4 is 27.5 Å². The van der Waals surface area contributed by atoms with Crippen LogP contribution in [0.2, 0.25) is 0 Å². The third-order valence-corrected chi connectivity index (χ3v) is 6.88. The van der Waals surface area contributed by atoms with Gasteiger partial charge in [-0.2, -0.15) is 0 Å². The number of carbonyl (C=O) groups excluding carboxylic acids is 2. The van der Waals surface area contributed by atoms with Crippen LogP contribution in [-0.2, 0) is 26.2 Å². The van der Waals surface area contributed by atoms with Crippen molar-refractivity contribution in [2.45, 2.75) is 46.2 Å². The van der Waals surface area contributed by atoms with Gasteiger partial charge >= 0.3 is 0 Å². The highest BCUT2D eigenvalue weighted by molar-refractivity contribution is 7.92. The number of anilines is 1. The molecule has 2 aromatic rings. The van der Waals surface area contributed by atoms with Gasteiger partial charge in [-0.05, 0) is 49.1 Å². The summed E-state index contributed by atoms with van der Waals surface area (Å²) in [5, 5.41) is 2.84. The van der Waals surface area contributed by atoms with Gasteiger partial charge in [-0.25, -0.2) is 17.2 Å². The van der Waals surface area contributed by atoms with Gasteiger partial charge < -0.3 is 15.0 Å². The molecule has 0 saturated heterocycles. The second kappa shape index (κ2) is 13.4. The number of nitrogens with zero attached hydrogens (tertiary/aromatic N) is 2. The van der Waals surface area contributed by atoms with Gasteiger partial charge in [0.15, 0.2) is 11.6 Å². The second-order valence-electron chi connectivity index (χ2n) is 9.23. The van der Waals surface area contributed by atoms with E-state index in [1.807, 2.05) is 19.9 Å². The van der Waals surface area contributed by atoms with Crippen LogP contribution in [0, 0.1) is 17.6 Å². The number of nitrogens with one attached hydrogen (secondary N) is 1. The maximum Gasteiger partial charge on any atom is 0.242 e. The van der Waals surface area contributed by atoms with Gasteiger partial charge in [0.25, 0.3) is 0 Å². The fourth-order valence-corrected chi connectivity index (χ4v) is 4.60. The largest absolute Gasteiger partial charge is 0.497 e. The number of hydrogen-bond donors (Lipinski definition) is 1. The summed E-state index contributed by atoms with van der Waals surface area (Å²) < 4.78 is 57.9. The standard InChI is InChI=1S/C26H35F2N3O5S/c1-18(2)16-29-26(33)19(3)30(17-20-8-6-9-22(14-20)36-4)25(32)10-7-13-31(37(5,34)35)21-11-12-23(27)24(28)15-21/h6,8-9,11-12,14-15,18-19H,7,10,13,16-17H2,1-5H3,(H,29,33)/t19-/m0/s1. The minimum absolute atomic E-state index is 0.0384. The molecule has 1 N–H and O–H groups in total. The van der Waals surface area contributed by atoms with Crippen molar-refractivity contribution in [2.75, 3.05) is 30.8 Å².